The molecule has 0 unspecified atom stereocenters. The maximum atomic E-state index is 12.5. The van der Waals surface area contributed by atoms with E-state index in [1.807, 2.05) is 6.92 Å². The molecule has 0 radical (unpaired) electrons. The van der Waals surface area contributed by atoms with Crippen molar-refractivity contribution in [2.45, 2.75) is 25.9 Å². The van der Waals surface area contributed by atoms with E-state index < -0.39 is 17.7 Å². The first-order chi connectivity index (χ1) is 7.34. The third-order valence-electron chi connectivity index (χ3n) is 2.11. The summed E-state index contributed by atoms with van der Waals surface area (Å²) in [4.78, 5) is 10.7. The van der Waals surface area contributed by atoms with Crippen LogP contribution in [0.25, 0.3) is 0 Å². The molecule has 0 aliphatic rings. The van der Waals surface area contributed by atoms with Crippen molar-refractivity contribution >= 4 is 5.97 Å². The lowest BCUT2D eigenvalue weighted by molar-refractivity contribution is -0.137. The maximum absolute atomic E-state index is 12.5. The van der Waals surface area contributed by atoms with Crippen molar-refractivity contribution in [2.24, 2.45) is 0 Å². The van der Waals surface area contributed by atoms with Gasteiger partial charge in [-0.3, -0.25) is 0 Å². The number of carboxylic acids is 1. The van der Waals surface area contributed by atoms with Crippen molar-refractivity contribution in [3.63, 3.8) is 0 Å². The largest absolute Gasteiger partial charge is 0.478 e. The topological polar surface area (TPSA) is 37.3 Å². The minimum atomic E-state index is -4.51. The fourth-order valence-corrected chi connectivity index (χ4v) is 1.41. The predicted molar refractivity (Wildman–Crippen MR) is 52.4 cm³/mol. The van der Waals surface area contributed by atoms with E-state index in [9.17, 15) is 18.0 Å². The number of carboxylic acid groups (broad SMARTS) is 1. The molecule has 16 heavy (non-hydrogen) atoms. The van der Waals surface area contributed by atoms with E-state index in [1.165, 1.54) is 6.07 Å². The smallest absolute Gasteiger partial charge is 0.416 e. The van der Waals surface area contributed by atoms with Crippen molar-refractivity contribution in [1.82, 2.24) is 0 Å². The fraction of sp³-hybridized carbons (Fsp3) is 0.364. The molecule has 0 saturated heterocycles. The molecule has 0 aromatic heterocycles. The number of aryl methyl sites for hydroxylation is 1. The molecule has 0 bridgehead atoms. The lowest BCUT2D eigenvalue weighted by atomic mass is 10.0. The number of alkyl halides is 3. The number of rotatable bonds is 3. The van der Waals surface area contributed by atoms with Gasteiger partial charge < -0.3 is 5.11 Å². The molecule has 0 heterocycles. The molecule has 0 aliphatic carbocycles. The van der Waals surface area contributed by atoms with Gasteiger partial charge in [0.2, 0.25) is 0 Å². The molecule has 0 amide bonds. The van der Waals surface area contributed by atoms with Gasteiger partial charge in [-0.1, -0.05) is 13.3 Å². The van der Waals surface area contributed by atoms with Crippen LogP contribution < -0.4 is 0 Å². The second-order valence-corrected chi connectivity index (χ2v) is 3.47. The summed E-state index contributed by atoms with van der Waals surface area (Å²) >= 11 is 0. The van der Waals surface area contributed by atoms with E-state index >= 15 is 0 Å². The SMILES string of the molecule is CCCc1cc(C(=O)O)cc(C(F)(F)F)c1. The van der Waals surface area contributed by atoms with Gasteiger partial charge in [-0.15, -0.1) is 0 Å². The van der Waals surface area contributed by atoms with Gasteiger partial charge in [-0.05, 0) is 30.2 Å². The van der Waals surface area contributed by atoms with E-state index in [1.54, 1.807) is 0 Å². The van der Waals surface area contributed by atoms with Crippen molar-refractivity contribution in [3.05, 3.63) is 34.9 Å². The van der Waals surface area contributed by atoms with E-state index in [0.717, 1.165) is 6.07 Å². The Labute approximate surface area is 90.7 Å². The van der Waals surface area contributed by atoms with E-state index in [0.29, 0.717) is 24.5 Å². The van der Waals surface area contributed by atoms with Gasteiger partial charge in [-0.25, -0.2) is 4.79 Å². The van der Waals surface area contributed by atoms with Gasteiger partial charge >= 0.3 is 12.1 Å². The van der Waals surface area contributed by atoms with Crippen molar-refractivity contribution in [2.75, 3.05) is 0 Å². The summed E-state index contributed by atoms with van der Waals surface area (Å²) in [7, 11) is 0. The molecular formula is C11H11F3O2. The van der Waals surface area contributed by atoms with Crippen LogP contribution in [-0.2, 0) is 12.6 Å². The highest BCUT2D eigenvalue weighted by atomic mass is 19.4. The number of halogens is 3. The Morgan fingerprint density at radius 3 is 2.38 bits per heavy atom. The summed E-state index contributed by atoms with van der Waals surface area (Å²) in [6.45, 7) is 1.82. The van der Waals surface area contributed by atoms with Crippen LogP contribution in [0, 0.1) is 0 Å². The normalized spacial score (nSPS) is 11.5. The Hall–Kier alpha value is -1.52. The minimum absolute atomic E-state index is 0.321. The Morgan fingerprint density at radius 1 is 1.31 bits per heavy atom. The highest BCUT2D eigenvalue weighted by Gasteiger charge is 2.31. The summed E-state index contributed by atoms with van der Waals surface area (Å²) < 4.78 is 37.4. The second-order valence-electron chi connectivity index (χ2n) is 3.47. The molecule has 0 fully saturated rings. The van der Waals surface area contributed by atoms with E-state index in [-0.39, 0.29) is 5.56 Å². The number of hydrogen-bond acceptors (Lipinski definition) is 1. The van der Waals surface area contributed by atoms with E-state index in [2.05, 4.69) is 0 Å². The molecular weight excluding hydrogens is 221 g/mol. The number of benzene rings is 1. The van der Waals surface area contributed by atoms with Crippen LogP contribution in [0.15, 0.2) is 18.2 Å². The molecule has 1 aromatic rings. The lowest BCUT2D eigenvalue weighted by Crippen LogP contribution is -2.08. The van der Waals surface area contributed by atoms with Crippen LogP contribution in [0.4, 0.5) is 13.2 Å². The molecule has 1 rings (SSSR count). The third-order valence-corrected chi connectivity index (χ3v) is 2.11. The molecule has 0 atom stereocenters. The molecule has 0 spiro atoms. The lowest BCUT2D eigenvalue weighted by Gasteiger charge is -2.10. The summed E-state index contributed by atoms with van der Waals surface area (Å²) in [5.41, 5.74) is -0.830. The van der Waals surface area contributed by atoms with Gasteiger partial charge in [-0.2, -0.15) is 13.2 Å². The van der Waals surface area contributed by atoms with Crippen LogP contribution in [0.5, 0.6) is 0 Å². The highest BCUT2D eigenvalue weighted by Crippen LogP contribution is 2.31. The van der Waals surface area contributed by atoms with Crippen LogP contribution in [0.1, 0.15) is 34.8 Å². The quantitative estimate of drug-likeness (QED) is 0.867. The van der Waals surface area contributed by atoms with Gasteiger partial charge in [0.15, 0.2) is 0 Å². The zero-order valence-electron chi connectivity index (χ0n) is 8.64. The standard InChI is InChI=1S/C11H11F3O2/c1-2-3-7-4-8(10(15)16)6-9(5-7)11(12,13)14/h4-6H,2-3H2,1H3,(H,15,16). The van der Waals surface area contributed by atoms with Crippen molar-refractivity contribution in [1.29, 1.82) is 0 Å². The summed E-state index contributed by atoms with van der Waals surface area (Å²) in [6.07, 6.45) is -3.40. The van der Waals surface area contributed by atoms with Crippen molar-refractivity contribution < 1.29 is 23.1 Å². The third kappa shape index (κ3) is 2.98. The first-order valence-electron chi connectivity index (χ1n) is 4.79. The molecule has 2 nitrogen and oxygen atoms in total. The zero-order chi connectivity index (χ0) is 12.3. The average Bonchev–Trinajstić information content (AvgIpc) is 2.16. The van der Waals surface area contributed by atoms with Crippen LogP contribution in [0.2, 0.25) is 0 Å². The van der Waals surface area contributed by atoms with Crippen molar-refractivity contribution in [3.8, 4) is 0 Å². The number of hydrogen-bond donors (Lipinski definition) is 1. The Bertz CT molecular complexity index is 397. The molecule has 5 heteroatoms. The van der Waals surface area contributed by atoms with Gasteiger partial charge in [0.1, 0.15) is 0 Å². The summed E-state index contributed by atoms with van der Waals surface area (Å²) in [5, 5.41) is 8.70. The predicted octanol–water partition coefficient (Wildman–Crippen LogP) is 3.36. The molecule has 88 valence electrons. The number of aromatic carboxylic acids is 1. The fourth-order valence-electron chi connectivity index (χ4n) is 1.41. The minimum Gasteiger partial charge on any atom is -0.478 e. The Kier molecular flexibility index (Phi) is 3.57. The molecule has 1 N–H and O–H groups in total. The van der Waals surface area contributed by atoms with E-state index in [4.69, 9.17) is 5.11 Å². The molecule has 0 aliphatic heterocycles. The van der Waals surface area contributed by atoms with Crippen LogP contribution in [0.3, 0.4) is 0 Å². The Morgan fingerprint density at radius 2 is 1.94 bits per heavy atom. The Balaban J connectivity index is 3.24. The molecule has 0 saturated carbocycles. The average molecular weight is 232 g/mol. The highest BCUT2D eigenvalue weighted by molar-refractivity contribution is 5.88. The summed E-state index contributed by atoms with van der Waals surface area (Å²) in [5.74, 6) is -1.34. The van der Waals surface area contributed by atoms with Gasteiger partial charge in [0, 0.05) is 0 Å². The second kappa shape index (κ2) is 4.55. The number of carbonyl (C=O) groups is 1. The monoisotopic (exact) mass is 232 g/mol. The van der Waals surface area contributed by atoms with Gasteiger partial charge in [0.05, 0.1) is 11.1 Å². The zero-order valence-corrected chi connectivity index (χ0v) is 8.64. The maximum Gasteiger partial charge on any atom is 0.416 e. The first kappa shape index (κ1) is 12.5. The van der Waals surface area contributed by atoms with Gasteiger partial charge in [0.25, 0.3) is 0 Å². The molecule has 1 aromatic carbocycles. The first-order valence-corrected chi connectivity index (χ1v) is 4.79. The van der Waals surface area contributed by atoms with Crippen LogP contribution >= 0.6 is 0 Å². The van der Waals surface area contributed by atoms with Crippen LogP contribution in [-0.4, -0.2) is 11.1 Å². The summed E-state index contributed by atoms with van der Waals surface area (Å²) in [6, 6.07) is 2.93.